The normalized spacial score (nSPS) is 10.4. The van der Waals surface area contributed by atoms with E-state index in [1.54, 1.807) is 23.5 Å². The largest absolute Gasteiger partial charge is 0.399 e. The SMILES string of the molecule is CCc1ccsc1CNC(=O)c1cc(N)ccc1C. The maximum Gasteiger partial charge on any atom is 0.251 e. The number of thiophene rings is 1. The molecule has 100 valence electrons. The summed E-state index contributed by atoms with van der Waals surface area (Å²) in [4.78, 5) is 13.4. The first-order chi connectivity index (χ1) is 9.11. The lowest BCUT2D eigenvalue weighted by atomic mass is 10.1. The average molecular weight is 274 g/mol. The van der Waals surface area contributed by atoms with Gasteiger partial charge < -0.3 is 11.1 Å². The van der Waals surface area contributed by atoms with Crippen molar-refractivity contribution < 1.29 is 4.79 Å². The van der Waals surface area contributed by atoms with E-state index >= 15 is 0 Å². The highest BCUT2D eigenvalue weighted by Crippen LogP contribution is 2.18. The van der Waals surface area contributed by atoms with Crippen LogP contribution in [0.15, 0.2) is 29.6 Å². The van der Waals surface area contributed by atoms with E-state index in [9.17, 15) is 4.79 Å². The summed E-state index contributed by atoms with van der Waals surface area (Å²) < 4.78 is 0. The van der Waals surface area contributed by atoms with Crippen molar-refractivity contribution in [2.45, 2.75) is 26.8 Å². The van der Waals surface area contributed by atoms with Gasteiger partial charge in [-0.15, -0.1) is 11.3 Å². The minimum Gasteiger partial charge on any atom is -0.399 e. The summed E-state index contributed by atoms with van der Waals surface area (Å²) in [5.41, 5.74) is 9.22. The number of hydrogen-bond donors (Lipinski definition) is 2. The van der Waals surface area contributed by atoms with E-state index < -0.39 is 0 Å². The second-order valence-corrected chi connectivity index (χ2v) is 5.48. The summed E-state index contributed by atoms with van der Waals surface area (Å²) in [6.45, 7) is 4.61. The lowest BCUT2D eigenvalue weighted by molar-refractivity contribution is 0.0950. The third kappa shape index (κ3) is 3.15. The number of nitrogens with two attached hydrogens (primary N) is 1. The fourth-order valence-electron chi connectivity index (χ4n) is 1.98. The highest BCUT2D eigenvalue weighted by Gasteiger charge is 2.10. The van der Waals surface area contributed by atoms with Crippen LogP contribution in [0.4, 0.5) is 5.69 Å². The van der Waals surface area contributed by atoms with Gasteiger partial charge in [-0.1, -0.05) is 13.0 Å². The fraction of sp³-hybridized carbons (Fsp3) is 0.267. The molecule has 0 aliphatic carbocycles. The number of anilines is 1. The van der Waals surface area contributed by atoms with Gasteiger partial charge in [0.15, 0.2) is 0 Å². The first kappa shape index (κ1) is 13.6. The van der Waals surface area contributed by atoms with Crippen LogP contribution in [0.2, 0.25) is 0 Å². The molecule has 19 heavy (non-hydrogen) atoms. The van der Waals surface area contributed by atoms with Crippen molar-refractivity contribution in [1.29, 1.82) is 0 Å². The standard InChI is InChI=1S/C15H18N2OS/c1-3-11-6-7-19-14(11)9-17-15(18)13-8-12(16)5-4-10(13)2/h4-8H,3,9,16H2,1-2H3,(H,17,18). The van der Waals surface area contributed by atoms with Gasteiger partial charge in [0.1, 0.15) is 0 Å². The monoisotopic (exact) mass is 274 g/mol. The first-order valence-electron chi connectivity index (χ1n) is 6.31. The molecule has 0 aliphatic rings. The molecule has 0 saturated carbocycles. The van der Waals surface area contributed by atoms with Crippen LogP contribution in [-0.4, -0.2) is 5.91 Å². The smallest absolute Gasteiger partial charge is 0.251 e. The summed E-state index contributed by atoms with van der Waals surface area (Å²) >= 11 is 1.68. The van der Waals surface area contributed by atoms with Crippen LogP contribution in [0.3, 0.4) is 0 Å². The Hall–Kier alpha value is -1.81. The third-order valence-electron chi connectivity index (χ3n) is 3.13. The third-order valence-corrected chi connectivity index (χ3v) is 4.10. The van der Waals surface area contributed by atoms with Crippen molar-refractivity contribution in [3.63, 3.8) is 0 Å². The molecular weight excluding hydrogens is 256 g/mol. The number of amides is 1. The van der Waals surface area contributed by atoms with E-state index in [-0.39, 0.29) is 5.91 Å². The number of benzene rings is 1. The van der Waals surface area contributed by atoms with E-state index in [1.165, 1.54) is 10.4 Å². The molecule has 0 aliphatic heterocycles. The Kier molecular flexibility index (Phi) is 4.22. The van der Waals surface area contributed by atoms with E-state index in [0.717, 1.165) is 12.0 Å². The van der Waals surface area contributed by atoms with E-state index in [1.807, 2.05) is 13.0 Å². The van der Waals surface area contributed by atoms with E-state index in [2.05, 4.69) is 23.7 Å². The Balaban J connectivity index is 2.07. The van der Waals surface area contributed by atoms with Gasteiger partial charge in [-0.25, -0.2) is 0 Å². The van der Waals surface area contributed by atoms with Crippen LogP contribution in [0, 0.1) is 6.92 Å². The van der Waals surface area contributed by atoms with Crippen molar-refractivity contribution in [1.82, 2.24) is 5.32 Å². The van der Waals surface area contributed by atoms with Crippen molar-refractivity contribution in [2.24, 2.45) is 0 Å². The second-order valence-electron chi connectivity index (χ2n) is 4.48. The zero-order valence-electron chi connectivity index (χ0n) is 11.2. The van der Waals surface area contributed by atoms with Crippen molar-refractivity contribution in [3.05, 3.63) is 51.2 Å². The molecule has 0 saturated heterocycles. The van der Waals surface area contributed by atoms with Gasteiger partial charge in [0, 0.05) is 16.1 Å². The number of nitrogens with one attached hydrogen (secondary N) is 1. The zero-order chi connectivity index (χ0) is 13.8. The van der Waals surface area contributed by atoms with Crippen LogP contribution in [0.5, 0.6) is 0 Å². The van der Waals surface area contributed by atoms with Gasteiger partial charge in [-0.2, -0.15) is 0 Å². The quantitative estimate of drug-likeness (QED) is 0.842. The number of carbonyl (C=O) groups is 1. The minimum absolute atomic E-state index is 0.0692. The maximum absolute atomic E-state index is 12.2. The molecule has 0 radical (unpaired) electrons. The Labute approximate surface area is 117 Å². The van der Waals surface area contributed by atoms with Gasteiger partial charge in [0.2, 0.25) is 0 Å². The number of carbonyl (C=O) groups excluding carboxylic acids is 1. The molecule has 3 nitrogen and oxygen atoms in total. The summed E-state index contributed by atoms with van der Waals surface area (Å²) in [6.07, 6.45) is 0.992. The Morgan fingerprint density at radius 1 is 1.37 bits per heavy atom. The topological polar surface area (TPSA) is 55.1 Å². The Bertz CT molecular complexity index is 590. The second kappa shape index (κ2) is 5.89. The van der Waals surface area contributed by atoms with Crippen molar-refractivity contribution in [2.75, 3.05) is 5.73 Å². The summed E-state index contributed by atoms with van der Waals surface area (Å²) in [5.74, 6) is -0.0692. The van der Waals surface area contributed by atoms with Gasteiger partial charge in [-0.3, -0.25) is 4.79 Å². The maximum atomic E-state index is 12.2. The minimum atomic E-state index is -0.0692. The van der Waals surface area contributed by atoms with Crippen LogP contribution < -0.4 is 11.1 Å². The molecular formula is C15H18N2OS. The molecule has 0 spiro atoms. The van der Waals surface area contributed by atoms with E-state index in [0.29, 0.717) is 17.8 Å². The molecule has 0 fully saturated rings. The number of nitrogen functional groups attached to an aromatic ring is 1. The lowest BCUT2D eigenvalue weighted by Gasteiger charge is -2.08. The lowest BCUT2D eigenvalue weighted by Crippen LogP contribution is -2.23. The molecule has 1 heterocycles. The molecule has 2 aromatic rings. The molecule has 1 aromatic carbocycles. The van der Waals surface area contributed by atoms with Gasteiger partial charge in [0.05, 0.1) is 6.54 Å². The average Bonchev–Trinajstić information content (AvgIpc) is 2.86. The molecule has 4 heteroatoms. The highest BCUT2D eigenvalue weighted by molar-refractivity contribution is 7.10. The van der Waals surface area contributed by atoms with Gasteiger partial charge in [-0.05, 0) is 48.1 Å². The molecule has 3 N–H and O–H groups in total. The number of rotatable bonds is 4. The van der Waals surface area contributed by atoms with Crippen LogP contribution in [-0.2, 0) is 13.0 Å². The predicted molar refractivity (Wildman–Crippen MR) is 80.5 cm³/mol. The number of aryl methyl sites for hydroxylation is 2. The fourth-order valence-corrected chi connectivity index (χ4v) is 2.89. The summed E-state index contributed by atoms with van der Waals surface area (Å²) in [7, 11) is 0. The van der Waals surface area contributed by atoms with Crippen LogP contribution in [0.1, 0.15) is 33.3 Å². The molecule has 1 aromatic heterocycles. The van der Waals surface area contributed by atoms with E-state index in [4.69, 9.17) is 5.73 Å². The summed E-state index contributed by atoms with van der Waals surface area (Å²) in [5, 5.41) is 5.02. The van der Waals surface area contributed by atoms with Crippen molar-refractivity contribution >= 4 is 22.9 Å². The molecule has 1 amide bonds. The van der Waals surface area contributed by atoms with Crippen LogP contribution >= 0.6 is 11.3 Å². The first-order valence-corrected chi connectivity index (χ1v) is 7.19. The zero-order valence-corrected chi connectivity index (χ0v) is 12.0. The summed E-state index contributed by atoms with van der Waals surface area (Å²) in [6, 6.07) is 7.51. The van der Waals surface area contributed by atoms with Crippen LogP contribution in [0.25, 0.3) is 0 Å². The number of hydrogen-bond acceptors (Lipinski definition) is 3. The molecule has 0 unspecified atom stereocenters. The van der Waals surface area contributed by atoms with Gasteiger partial charge in [0.25, 0.3) is 5.91 Å². The Morgan fingerprint density at radius 3 is 2.89 bits per heavy atom. The molecule has 0 bridgehead atoms. The molecule has 0 atom stereocenters. The predicted octanol–water partition coefficient (Wildman–Crippen LogP) is 3.13. The highest BCUT2D eigenvalue weighted by atomic mass is 32.1. The molecule has 2 rings (SSSR count). The van der Waals surface area contributed by atoms with Crippen molar-refractivity contribution in [3.8, 4) is 0 Å². The van der Waals surface area contributed by atoms with Gasteiger partial charge >= 0.3 is 0 Å². The Morgan fingerprint density at radius 2 is 2.16 bits per heavy atom.